The fourth-order valence-corrected chi connectivity index (χ4v) is 2.76. The zero-order valence-electron chi connectivity index (χ0n) is 12.1. The van der Waals surface area contributed by atoms with Gasteiger partial charge in [0.25, 0.3) is 5.89 Å². The highest BCUT2D eigenvalue weighted by Crippen LogP contribution is 2.20. The van der Waals surface area contributed by atoms with E-state index in [0.29, 0.717) is 11.8 Å². The van der Waals surface area contributed by atoms with E-state index < -0.39 is 0 Å². The van der Waals surface area contributed by atoms with Crippen molar-refractivity contribution in [2.75, 3.05) is 13.1 Å². The molecular formula is C14H21N5O. The summed E-state index contributed by atoms with van der Waals surface area (Å²) in [7, 11) is 0. The van der Waals surface area contributed by atoms with E-state index in [2.05, 4.69) is 27.5 Å². The van der Waals surface area contributed by atoms with Crippen molar-refractivity contribution >= 4 is 0 Å². The number of aryl methyl sites for hydroxylation is 2. The average Bonchev–Trinajstić information content (AvgIpc) is 3.06. The first-order valence-electron chi connectivity index (χ1n) is 7.34. The largest absolute Gasteiger partial charge is 0.332 e. The highest BCUT2D eigenvalue weighted by Gasteiger charge is 2.19. The lowest BCUT2D eigenvalue weighted by Gasteiger charge is -2.20. The topological polar surface area (TPSA) is 68.8 Å². The summed E-state index contributed by atoms with van der Waals surface area (Å²) in [4.78, 5) is 4.53. The van der Waals surface area contributed by atoms with E-state index >= 15 is 0 Å². The first-order chi connectivity index (χ1) is 9.76. The van der Waals surface area contributed by atoms with Crippen molar-refractivity contribution in [2.24, 2.45) is 5.92 Å². The number of nitrogens with zero attached hydrogens (tertiary/aromatic N) is 4. The number of hydrogen-bond acceptors (Lipinski definition) is 5. The molecule has 20 heavy (non-hydrogen) atoms. The van der Waals surface area contributed by atoms with Crippen molar-refractivity contribution in [2.45, 2.75) is 39.7 Å². The molecule has 0 bridgehead atoms. The van der Waals surface area contributed by atoms with Crippen LogP contribution < -0.4 is 5.32 Å². The van der Waals surface area contributed by atoms with Gasteiger partial charge in [0.1, 0.15) is 5.69 Å². The van der Waals surface area contributed by atoms with Crippen molar-refractivity contribution in [3.05, 3.63) is 17.6 Å². The predicted octanol–water partition coefficient (Wildman–Crippen LogP) is 1.80. The molecule has 3 heterocycles. The minimum Gasteiger partial charge on any atom is -0.332 e. The van der Waals surface area contributed by atoms with Crippen LogP contribution in [0.5, 0.6) is 0 Å². The molecule has 0 spiro atoms. The summed E-state index contributed by atoms with van der Waals surface area (Å²) < 4.78 is 7.30. The second kappa shape index (κ2) is 5.75. The first kappa shape index (κ1) is 13.3. The summed E-state index contributed by atoms with van der Waals surface area (Å²) in [5, 5.41) is 11.9. The summed E-state index contributed by atoms with van der Waals surface area (Å²) >= 11 is 0. The summed E-state index contributed by atoms with van der Waals surface area (Å²) in [6.45, 7) is 7.01. The number of nitrogens with one attached hydrogen (secondary N) is 1. The van der Waals surface area contributed by atoms with E-state index in [4.69, 9.17) is 4.52 Å². The summed E-state index contributed by atoms with van der Waals surface area (Å²) in [6, 6.07) is 1.99. The summed E-state index contributed by atoms with van der Waals surface area (Å²) in [6.07, 6.45) is 3.36. The van der Waals surface area contributed by atoms with E-state index in [-0.39, 0.29) is 0 Å². The van der Waals surface area contributed by atoms with Crippen LogP contribution in [0.2, 0.25) is 0 Å². The molecule has 1 fully saturated rings. The Morgan fingerprint density at radius 3 is 3.15 bits per heavy atom. The Labute approximate surface area is 118 Å². The molecule has 0 amide bonds. The molecule has 0 saturated carbocycles. The third kappa shape index (κ3) is 2.75. The second-order valence-electron chi connectivity index (χ2n) is 5.42. The van der Waals surface area contributed by atoms with Gasteiger partial charge in [-0.25, -0.2) is 0 Å². The maximum absolute atomic E-state index is 5.41. The summed E-state index contributed by atoms with van der Waals surface area (Å²) in [5.74, 6) is 1.99. The van der Waals surface area contributed by atoms with Gasteiger partial charge in [0.15, 0.2) is 5.82 Å². The van der Waals surface area contributed by atoms with Gasteiger partial charge in [0, 0.05) is 13.0 Å². The van der Waals surface area contributed by atoms with Crippen LogP contribution in [-0.2, 0) is 13.0 Å². The van der Waals surface area contributed by atoms with Crippen LogP contribution in [0.1, 0.15) is 31.3 Å². The lowest BCUT2D eigenvalue weighted by molar-refractivity contribution is 0.359. The molecule has 3 rings (SSSR count). The lowest BCUT2D eigenvalue weighted by Crippen LogP contribution is -2.31. The van der Waals surface area contributed by atoms with E-state index in [1.54, 1.807) is 0 Å². The van der Waals surface area contributed by atoms with E-state index in [1.165, 1.54) is 12.8 Å². The van der Waals surface area contributed by atoms with Gasteiger partial charge in [0.2, 0.25) is 0 Å². The maximum Gasteiger partial charge on any atom is 0.276 e. The molecule has 0 aliphatic carbocycles. The zero-order chi connectivity index (χ0) is 13.9. The Hall–Kier alpha value is -1.69. The Morgan fingerprint density at radius 2 is 2.40 bits per heavy atom. The van der Waals surface area contributed by atoms with Crippen LogP contribution >= 0.6 is 0 Å². The van der Waals surface area contributed by atoms with Gasteiger partial charge in [-0.1, -0.05) is 5.16 Å². The smallest absolute Gasteiger partial charge is 0.276 e. The summed E-state index contributed by atoms with van der Waals surface area (Å²) in [5.41, 5.74) is 1.88. The van der Waals surface area contributed by atoms with Gasteiger partial charge >= 0.3 is 0 Å². The van der Waals surface area contributed by atoms with Crippen molar-refractivity contribution in [1.82, 2.24) is 25.2 Å². The van der Waals surface area contributed by atoms with Crippen molar-refractivity contribution in [3.63, 3.8) is 0 Å². The van der Waals surface area contributed by atoms with Gasteiger partial charge in [-0.3, -0.25) is 4.68 Å². The predicted molar refractivity (Wildman–Crippen MR) is 75.2 cm³/mol. The van der Waals surface area contributed by atoms with Gasteiger partial charge in [-0.05, 0) is 51.8 Å². The Kier molecular flexibility index (Phi) is 3.82. The van der Waals surface area contributed by atoms with Crippen LogP contribution in [0.3, 0.4) is 0 Å². The molecule has 1 N–H and O–H groups in total. The number of rotatable bonds is 4. The zero-order valence-corrected chi connectivity index (χ0v) is 12.1. The monoisotopic (exact) mass is 275 g/mol. The molecule has 1 aliphatic rings. The van der Waals surface area contributed by atoms with Gasteiger partial charge in [-0.2, -0.15) is 10.1 Å². The quantitative estimate of drug-likeness (QED) is 0.921. The molecule has 6 nitrogen and oxygen atoms in total. The molecule has 0 radical (unpaired) electrons. The maximum atomic E-state index is 5.41. The molecule has 1 saturated heterocycles. The van der Waals surface area contributed by atoms with Crippen LogP contribution in [0.15, 0.2) is 10.6 Å². The Morgan fingerprint density at radius 1 is 1.50 bits per heavy atom. The van der Waals surface area contributed by atoms with Crippen LogP contribution in [0, 0.1) is 12.8 Å². The minimum absolute atomic E-state index is 0.575. The average molecular weight is 275 g/mol. The normalized spacial score (nSPS) is 19.4. The molecule has 108 valence electrons. The lowest BCUT2D eigenvalue weighted by atomic mass is 9.96. The van der Waals surface area contributed by atoms with Crippen LogP contribution in [0.25, 0.3) is 11.6 Å². The molecular weight excluding hydrogens is 254 g/mol. The second-order valence-corrected chi connectivity index (χ2v) is 5.42. The van der Waals surface area contributed by atoms with Crippen molar-refractivity contribution < 1.29 is 4.52 Å². The van der Waals surface area contributed by atoms with Crippen LogP contribution in [0.4, 0.5) is 0 Å². The fourth-order valence-electron chi connectivity index (χ4n) is 2.76. The molecule has 1 unspecified atom stereocenters. The highest BCUT2D eigenvalue weighted by molar-refractivity contribution is 5.47. The van der Waals surface area contributed by atoms with Gasteiger partial charge in [0.05, 0.1) is 5.69 Å². The molecule has 0 aromatic carbocycles. The molecule has 1 atom stereocenters. The molecule has 1 aliphatic heterocycles. The SMILES string of the molecule is CCn1nc(C)cc1-c1nc(CC2CCCNC2)no1. The number of hydrogen-bond donors (Lipinski definition) is 1. The minimum atomic E-state index is 0.575. The molecule has 2 aromatic heterocycles. The first-order valence-corrected chi connectivity index (χ1v) is 7.34. The third-order valence-corrected chi connectivity index (χ3v) is 3.76. The van der Waals surface area contributed by atoms with Gasteiger partial charge in [-0.15, -0.1) is 0 Å². The van der Waals surface area contributed by atoms with Crippen LogP contribution in [-0.4, -0.2) is 33.0 Å². The van der Waals surface area contributed by atoms with E-state index in [9.17, 15) is 0 Å². The molecule has 2 aromatic rings. The van der Waals surface area contributed by atoms with Gasteiger partial charge < -0.3 is 9.84 Å². The fraction of sp³-hybridized carbons (Fsp3) is 0.643. The Balaban J connectivity index is 1.75. The third-order valence-electron chi connectivity index (χ3n) is 3.76. The highest BCUT2D eigenvalue weighted by atomic mass is 16.5. The number of aromatic nitrogens is 4. The van der Waals surface area contributed by atoms with E-state index in [0.717, 1.165) is 43.3 Å². The van der Waals surface area contributed by atoms with Crippen molar-refractivity contribution in [1.29, 1.82) is 0 Å². The van der Waals surface area contributed by atoms with Crippen molar-refractivity contribution in [3.8, 4) is 11.6 Å². The molecule has 6 heteroatoms. The Bertz CT molecular complexity index is 568. The number of piperidine rings is 1. The van der Waals surface area contributed by atoms with E-state index in [1.807, 2.05) is 17.7 Å². The standard InChI is InChI=1S/C14H21N5O/c1-3-19-12(7-10(2)17-19)14-16-13(18-20-14)8-11-5-4-6-15-9-11/h7,11,15H,3-6,8-9H2,1-2H3.